The normalized spacial score (nSPS) is 16.6. The van der Waals surface area contributed by atoms with Gasteiger partial charge in [-0.05, 0) is 36.7 Å². The number of nitrogens with one attached hydrogen (secondary N) is 1. The molecule has 0 saturated heterocycles. The van der Waals surface area contributed by atoms with E-state index in [-0.39, 0.29) is 12.0 Å². The summed E-state index contributed by atoms with van der Waals surface area (Å²) in [5.74, 6) is 0.535. The maximum Gasteiger partial charge on any atom is 0.322 e. The molecule has 1 atom stereocenters. The molecule has 1 aromatic heterocycles. The van der Waals surface area contributed by atoms with Gasteiger partial charge in [0.05, 0.1) is 13.2 Å². The van der Waals surface area contributed by atoms with Crippen molar-refractivity contribution in [2.75, 3.05) is 19.9 Å². The molecule has 1 fully saturated rings. The molecular weight excluding hydrogens is 254 g/mol. The van der Waals surface area contributed by atoms with Gasteiger partial charge in [0.1, 0.15) is 6.04 Å². The van der Waals surface area contributed by atoms with Crippen LogP contribution in [0.3, 0.4) is 0 Å². The predicted octanol–water partition coefficient (Wildman–Crippen LogP) is 0.251. The van der Waals surface area contributed by atoms with Gasteiger partial charge in [-0.2, -0.15) is 0 Å². The van der Waals surface area contributed by atoms with Crippen molar-refractivity contribution in [2.45, 2.75) is 36.5 Å². The van der Waals surface area contributed by atoms with Crippen molar-refractivity contribution in [3.05, 3.63) is 0 Å². The molecule has 0 amide bonds. The molecule has 0 radical (unpaired) electrons. The summed E-state index contributed by atoms with van der Waals surface area (Å²) in [6.45, 7) is 0. The van der Waals surface area contributed by atoms with Crippen molar-refractivity contribution in [3.63, 3.8) is 0 Å². The number of hydrogen-bond donors (Lipinski definition) is 1. The lowest BCUT2D eigenvalue weighted by molar-refractivity contribution is -0.143. The summed E-state index contributed by atoms with van der Waals surface area (Å²) < 4.78 is 6.58. The van der Waals surface area contributed by atoms with E-state index in [1.165, 1.54) is 7.11 Å². The molecule has 1 N–H and O–H groups in total. The number of likely N-dealkylation sites (N-methyl/N-ethyl adjacent to an activating group) is 1. The first-order valence-electron chi connectivity index (χ1n) is 5.92. The minimum atomic E-state index is -0.271. The van der Waals surface area contributed by atoms with E-state index < -0.39 is 0 Å². The third kappa shape index (κ3) is 3.20. The molecule has 1 aliphatic rings. The maximum atomic E-state index is 11.4. The Labute approximate surface area is 110 Å². The molecule has 0 spiro atoms. The Morgan fingerprint density at radius 2 is 2.44 bits per heavy atom. The first-order valence-corrected chi connectivity index (χ1v) is 6.90. The fraction of sp³-hybridized carbons (Fsp3) is 0.800. The molecule has 1 saturated carbocycles. The van der Waals surface area contributed by atoms with Crippen LogP contribution in [-0.4, -0.2) is 52.1 Å². The van der Waals surface area contributed by atoms with Gasteiger partial charge in [-0.25, -0.2) is 4.68 Å². The van der Waals surface area contributed by atoms with E-state index in [9.17, 15) is 4.79 Å². The van der Waals surface area contributed by atoms with Gasteiger partial charge in [0, 0.05) is 5.75 Å². The second kappa shape index (κ2) is 6.14. The van der Waals surface area contributed by atoms with Crippen LogP contribution >= 0.6 is 11.8 Å². The van der Waals surface area contributed by atoms with E-state index in [0.717, 1.165) is 23.8 Å². The predicted molar refractivity (Wildman–Crippen MR) is 66.3 cm³/mol. The third-order valence-corrected chi connectivity index (χ3v) is 3.79. The molecule has 1 heterocycles. The van der Waals surface area contributed by atoms with Gasteiger partial charge in [0.2, 0.25) is 5.16 Å². The average Bonchev–Trinajstić information content (AvgIpc) is 3.13. The van der Waals surface area contributed by atoms with Crippen LogP contribution in [0.5, 0.6) is 0 Å². The number of carbonyl (C=O) groups is 1. The summed E-state index contributed by atoms with van der Waals surface area (Å²) in [6, 6.07) is 0.205. The zero-order valence-corrected chi connectivity index (χ0v) is 11.3. The van der Waals surface area contributed by atoms with Crippen molar-refractivity contribution < 1.29 is 9.53 Å². The molecule has 2 rings (SSSR count). The Balaban J connectivity index is 1.80. The number of esters is 1. The van der Waals surface area contributed by atoms with E-state index in [0.29, 0.717) is 12.5 Å². The van der Waals surface area contributed by atoms with E-state index >= 15 is 0 Å². The maximum absolute atomic E-state index is 11.4. The highest BCUT2D eigenvalue weighted by Crippen LogP contribution is 2.36. The molecule has 1 aromatic rings. The smallest absolute Gasteiger partial charge is 0.322 e. The van der Waals surface area contributed by atoms with Crippen LogP contribution in [0.2, 0.25) is 0 Å². The fourth-order valence-corrected chi connectivity index (χ4v) is 2.57. The minimum Gasteiger partial charge on any atom is -0.468 e. The number of thioether (sulfide) groups is 1. The molecule has 18 heavy (non-hydrogen) atoms. The Hall–Kier alpha value is -1.15. The second-order valence-electron chi connectivity index (χ2n) is 4.14. The highest BCUT2D eigenvalue weighted by Gasteiger charge is 2.28. The molecule has 1 aliphatic carbocycles. The van der Waals surface area contributed by atoms with Crippen molar-refractivity contribution in [1.29, 1.82) is 0 Å². The summed E-state index contributed by atoms with van der Waals surface area (Å²) >= 11 is 1.57. The monoisotopic (exact) mass is 271 g/mol. The highest BCUT2D eigenvalue weighted by molar-refractivity contribution is 7.99. The van der Waals surface area contributed by atoms with Gasteiger partial charge < -0.3 is 10.1 Å². The number of methoxy groups -OCH3 is 1. The zero-order valence-electron chi connectivity index (χ0n) is 10.5. The fourth-order valence-electron chi connectivity index (χ4n) is 1.62. The van der Waals surface area contributed by atoms with Crippen LogP contribution < -0.4 is 5.32 Å². The van der Waals surface area contributed by atoms with Crippen LogP contribution in [0, 0.1) is 0 Å². The van der Waals surface area contributed by atoms with Crippen molar-refractivity contribution >= 4 is 17.7 Å². The van der Waals surface area contributed by atoms with Gasteiger partial charge in [-0.1, -0.05) is 11.8 Å². The second-order valence-corrected chi connectivity index (χ2v) is 5.20. The number of tetrazole rings is 1. The molecule has 100 valence electrons. The van der Waals surface area contributed by atoms with Crippen LogP contribution in [-0.2, 0) is 9.53 Å². The Bertz CT molecular complexity index is 407. The van der Waals surface area contributed by atoms with Crippen LogP contribution in [0.15, 0.2) is 5.16 Å². The lowest BCUT2D eigenvalue weighted by Gasteiger charge is -2.12. The van der Waals surface area contributed by atoms with Gasteiger partial charge in [0.15, 0.2) is 0 Å². The molecule has 7 nitrogen and oxygen atoms in total. The van der Waals surface area contributed by atoms with Crippen molar-refractivity contribution in [3.8, 4) is 0 Å². The summed E-state index contributed by atoms with van der Waals surface area (Å²) in [5, 5.41) is 15.4. The number of rotatable bonds is 7. The van der Waals surface area contributed by atoms with E-state index in [2.05, 4.69) is 20.8 Å². The number of ether oxygens (including phenoxy) is 1. The van der Waals surface area contributed by atoms with Gasteiger partial charge in [-0.3, -0.25) is 4.79 Å². The Morgan fingerprint density at radius 1 is 1.67 bits per heavy atom. The summed E-state index contributed by atoms with van der Waals surface area (Å²) in [7, 11) is 3.15. The van der Waals surface area contributed by atoms with E-state index in [4.69, 9.17) is 4.74 Å². The number of carbonyl (C=O) groups excluding carboxylic acids is 1. The minimum absolute atomic E-state index is 0.236. The van der Waals surface area contributed by atoms with E-state index in [1.54, 1.807) is 18.8 Å². The van der Waals surface area contributed by atoms with E-state index in [1.807, 2.05) is 4.68 Å². The largest absolute Gasteiger partial charge is 0.468 e. The van der Waals surface area contributed by atoms with Crippen LogP contribution in [0.1, 0.15) is 25.3 Å². The molecule has 0 aromatic carbocycles. The van der Waals surface area contributed by atoms with Gasteiger partial charge in [0.25, 0.3) is 0 Å². The third-order valence-electron chi connectivity index (χ3n) is 2.83. The van der Waals surface area contributed by atoms with Crippen molar-refractivity contribution in [2.24, 2.45) is 0 Å². The van der Waals surface area contributed by atoms with Crippen LogP contribution in [0.25, 0.3) is 0 Å². The zero-order chi connectivity index (χ0) is 13.0. The number of hydrogen-bond acceptors (Lipinski definition) is 7. The first kappa shape index (κ1) is 13.3. The SMILES string of the molecule is CNC(CCSc1nnnn1C1CC1)C(=O)OC. The lowest BCUT2D eigenvalue weighted by atomic mass is 10.2. The summed E-state index contributed by atoms with van der Waals surface area (Å²) in [6.07, 6.45) is 2.99. The summed E-state index contributed by atoms with van der Waals surface area (Å²) in [4.78, 5) is 11.4. The van der Waals surface area contributed by atoms with Crippen molar-refractivity contribution in [1.82, 2.24) is 25.5 Å². The first-order chi connectivity index (χ1) is 8.76. The number of nitrogens with zero attached hydrogens (tertiary/aromatic N) is 4. The Morgan fingerprint density at radius 3 is 3.06 bits per heavy atom. The lowest BCUT2D eigenvalue weighted by Crippen LogP contribution is -2.35. The van der Waals surface area contributed by atoms with Gasteiger partial charge >= 0.3 is 5.97 Å². The molecule has 8 heteroatoms. The molecule has 0 bridgehead atoms. The van der Waals surface area contributed by atoms with Gasteiger partial charge in [-0.15, -0.1) is 5.10 Å². The topological polar surface area (TPSA) is 81.9 Å². The highest BCUT2D eigenvalue weighted by atomic mass is 32.2. The quantitative estimate of drug-likeness (QED) is 0.562. The average molecular weight is 271 g/mol. The number of aromatic nitrogens is 4. The molecule has 1 unspecified atom stereocenters. The van der Waals surface area contributed by atoms with Crippen LogP contribution in [0.4, 0.5) is 0 Å². The standard InChI is InChI=1S/C10H17N5O2S/c1-11-8(9(16)17-2)5-6-18-10-12-13-14-15(10)7-3-4-7/h7-8,11H,3-6H2,1-2H3. The summed E-state index contributed by atoms with van der Waals surface area (Å²) in [5.41, 5.74) is 0. The molecule has 0 aliphatic heterocycles. The molecular formula is C10H17N5O2S. The Kier molecular flexibility index (Phi) is 4.54.